The number of rotatable bonds is 5. The quantitative estimate of drug-likeness (QED) is 0.191. The molecule has 0 aromatic heterocycles. The topological polar surface area (TPSA) is 69.8 Å². The zero-order chi connectivity index (χ0) is 38.6. The van der Waals surface area contributed by atoms with E-state index in [2.05, 4.69) is 151 Å². The highest BCUT2D eigenvalue weighted by molar-refractivity contribution is 6.16. The van der Waals surface area contributed by atoms with Gasteiger partial charge in [-0.25, -0.2) is 9.98 Å². The highest BCUT2D eigenvalue weighted by Crippen LogP contribution is 2.62. The van der Waals surface area contributed by atoms with E-state index < -0.39 is 11.6 Å². The molecule has 0 saturated heterocycles. The maximum atomic E-state index is 9.18. The lowest BCUT2D eigenvalue weighted by Gasteiger charge is -2.39. The standard InChI is InChI=1S/C53H34N4O/c54-33-34-18-20-35(21-19-34)36-22-24-37(25-23-36)38-26-28-40(29-27-38)51-55-50(39-10-2-1-3-11-39)56-52(57-51)41-30-31-43-42-12-4-5-13-44(42)53(47(43)32-41)45-14-6-8-16-48(45)58-49-17-9-7-15-46(49)53/h1-32,52H,(H,55,56,57). The van der Waals surface area contributed by atoms with Gasteiger partial charge < -0.3 is 10.1 Å². The van der Waals surface area contributed by atoms with Crippen LogP contribution in [-0.2, 0) is 5.41 Å². The summed E-state index contributed by atoms with van der Waals surface area (Å²) in [7, 11) is 0. The Labute approximate surface area is 336 Å². The van der Waals surface area contributed by atoms with Crippen LogP contribution in [-0.4, -0.2) is 11.7 Å². The molecule has 0 radical (unpaired) electrons. The van der Waals surface area contributed by atoms with Crippen molar-refractivity contribution in [1.82, 2.24) is 5.32 Å². The normalized spacial score (nSPS) is 15.3. The molecule has 1 aliphatic carbocycles. The van der Waals surface area contributed by atoms with Crippen molar-refractivity contribution in [2.75, 3.05) is 0 Å². The molecule has 1 atom stereocenters. The van der Waals surface area contributed by atoms with Crippen molar-refractivity contribution in [3.8, 4) is 50.9 Å². The fraction of sp³-hybridized carbons (Fsp3) is 0.0377. The minimum atomic E-state index is -0.575. The van der Waals surface area contributed by atoms with Crippen molar-refractivity contribution in [3.63, 3.8) is 0 Å². The van der Waals surface area contributed by atoms with Crippen LogP contribution in [0.2, 0.25) is 0 Å². The number of amidine groups is 2. The van der Waals surface area contributed by atoms with E-state index in [0.717, 1.165) is 73.2 Å². The molecule has 1 spiro atoms. The molecular weight excluding hydrogens is 709 g/mol. The molecule has 5 heteroatoms. The molecule has 0 saturated carbocycles. The van der Waals surface area contributed by atoms with Gasteiger partial charge >= 0.3 is 0 Å². The number of nitrogens with zero attached hydrogens (tertiary/aromatic N) is 3. The second-order valence-electron chi connectivity index (χ2n) is 14.9. The van der Waals surface area contributed by atoms with Gasteiger partial charge in [0, 0.05) is 22.3 Å². The predicted molar refractivity (Wildman–Crippen MR) is 231 cm³/mol. The summed E-state index contributed by atoms with van der Waals surface area (Å²) < 4.78 is 6.57. The molecule has 0 amide bonds. The zero-order valence-corrected chi connectivity index (χ0v) is 31.3. The summed E-state index contributed by atoms with van der Waals surface area (Å²) >= 11 is 0. The Morgan fingerprint density at radius 3 is 1.50 bits per heavy atom. The number of benzene rings is 8. The van der Waals surface area contributed by atoms with E-state index in [1.54, 1.807) is 0 Å². The van der Waals surface area contributed by atoms with Crippen LogP contribution >= 0.6 is 0 Å². The summed E-state index contributed by atoms with van der Waals surface area (Å²) in [5.41, 5.74) is 14.6. The first-order valence-electron chi connectivity index (χ1n) is 19.5. The Bertz CT molecular complexity index is 2950. The second-order valence-corrected chi connectivity index (χ2v) is 14.9. The van der Waals surface area contributed by atoms with E-state index in [0.29, 0.717) is 5.56 Å². The SMILES string of the molecule is N#Cc1ccc(-c2ccc(-c3ccc(C4=NC(c5ccc6c(c5)C5(c7ccccc7Oc7ccccc75)c5ccccc5-6)N=C(c5ccccc5)N4)cc3)cc2)cc1. The lowest BCUT2D eigenvalue weighted by atomic mass is 9.66. The first-order chi connectivity index (χ1) is 28.7. The molecule has 8 aromatic carbocycles. The maximum absolute atomic E-state index is 9.18. The Balaban J connectivity index is 1.00. The molecule has 272 valence electrons. The van der Waals surface area contributed by atoms with Crippen LogP contribution in [0.5, 0.6) is 11.5 Å². The van der Waals surface area contributed by atoms with Crippen LogP contribution in [0.1, 0.15) is 50.7 Å². The number of ether oxygens (including phenoxy) is 1. The van der Waals surface area contributed by atoms with E-state index in [4.69, 9.17) is 14.7 Å². The maximum Gasteiger partial charge on any atom is 0.169 e. The molecular formula is C53H34N4O. The van der Waals surface area contributed by atoms with Gasteiger partial charge in [-0.3, -0.25) is 0 Å². The van der Waals surface area contributed by atoms with E-state index >= 15 is 0 Å². The fourth-order valence-electron chi connectivity index (χ4n) is 8.93. The highest BCUT2D eigenvalue weighted by atomic mass is 16.5. The summed E-state index contributed by atoms with van der Waals surface area (Å²) in [6.07, 6.45) is -0.489. The molecule has 5 nitrogen and oxygen atoms in total. The largest absolute Gasteiger partial charge is 0.457 e. The molecule has 1 N–H and O–H groups in total. The van der Waals surface area contributed by atoms with E-state index in [-0.39, 0.29) is 0 Å². The van der Waals surface area contributed by atoms with E-state index in [9.17, 15) is 5.26 Å². The smallest absolute Gasteiger partial charge is 0.169 e. The second kappa shape index (κ2) is 13.4. The Hall–Kier alpha value is -7.81. The Morgan fingerprint density at radius 2 is 0.914 bits per heavy atom. The van der Waals surface area contributed by atoms with Crippen LogP contribution in [0.4, 0.5) is 0 Å². The molecule has 2 heterocycles. The van der Waals surface area contributed by atoms with Gasteiger partial charge in [0.05, 0.1) is 17.0 Å². The van der Waals surface area contributed by atoms with Crippen LogP contribution in [0.15, 0.2) is 204 Å². The van der Waals surface area contributed by atoms with Gasteiger partial charge in [-0.15, -0.1) is 0 Å². The minimum Gasteiger partial charge on any atom is -0.457 e. The van der Waals surface area contributed by atoms with E-state index in [1.807, 2.05) is 54.6 Å². The highest BCUT2D eigenvalue weighted by Gasteiger charge is 2.51. The van der Waals surface area contributed by atoms with E-state index in [1.165, 1.54) is 22.3 Å². The summed E-state index contributed by atoms with van der Waals surface area (Å²) in [6.45, 7) is 0. The molecule has 3 aliphatic rings. The lowest BCUT2D eigenvalue weighted by molar-refractivity contribution is 0.436. The first-order valence-corrected chi connectivity index (χ1v) is 19.5. The molecule has 2 aliphatic heterocycles. The van der Waals surface area contributed by atoms with Gasteiger partial charge in [-0.2, -0.15) is 5.26 Å². The average molecular weight is 743 g/mol. The Morgan fingerprint density at radius 1 is 0.448 bits per heavy atom. The van der Waals surface area contributed by atoms with Crippen LogP contribution in [0.3, 0.4) is 0 Å². The molecule has 1 unspecified atom stereocenters. The summed E-state index contributed by atoms with van der Waals surface area (Å²) in [6, 6.07) is 69.7. The van der Waals surface area contributed by atoms with Crippen molar-refractivity contribution in [2.45, 2.75) is 11.6 Å². The molecule has 0 bridgehead atoms. The fourth-order valence-corrected chi connectivity index (χ4v) is 8.93. The van der Waals surface area contributed by atoms with Gasteiger partial charge in [0.15, 0.2) is 6.17 Å². The molecule has 8 aromatic rings. The number of fused-ring (bicyclic) bond motifs is 9. The summed E-state index contributed by atoms with van der Waals surface area (Å²) in [5.74, 6) is 3.28. The lowest BCUT2D eigenvalue weighted by Crippen LogP contribution is -2.36. The predicted octanol–water partition coefficient (Wildman–Crippen LogP) is 11.9. The number of hydrogen-bond acceptors (Lipinski definition) is 5. The van der Waals surface area contributed by atoms with Gasteiger partial charge in [0.25, 0.3) is 0 Å². The number of aliphatic imine (C=N–C) groups is 2. The van der Waals surface area contributed by atoms with Gasteiger partial charge in [0.2, 0.25) is 0 Å². The molecule has 58 heavy (non-hydrogen) atoms. The van der Waals surface area contributed by atoms with Crippen molar-refractivity contribution < 1.29 is 4.74 Å². The van der Waals surface area contributed by atoms with Gasteiger partial charge in [-0.1, -0.05) is 164 Å². The summed E-state index contributed by atoms with van der Waals surface area (Å²) in [4.78, 5) is 10.6. The number of nitriles is 1. The third kappa shape index (κ3) is 5.31. The van der Waals surface area contributed by atoms with Crippen LogP contribution in [0.25, 0.3) is 33.4 Å². The van der Waals surface area contributed by atoms with Crippen molar-refractivity contribution in [2.24, 2.45) is 9.98 Å². The molecule has 11 rings (SSSR count). The van der Waals surface area contributed by atoms with Crippen molar-refractivity contribution in [3.05, 3.63) is 239 Å². The van der Waals surface area contributed by atoms with Gasteiger partial charge in [-0.05, 0) is 80.4 Å². The van der Waals surface area contributed by atoms with Crippen LogP contribution < -0.4 is 10.1 Å². The minimum absolute atomic E-state index is 0.489. The average Bonchev–Trinajstić information content (AvgIpc) is 3.59. The van der Waals surface area contributed by atoms with Crippen molar-refractivity contribution >= 4 is 11.7 Å². The van der Waals surface area contributed by atoms with Gasteiger partial charge in [0.1, 0.15) is 23.2 Å². The zero-order valence-electron chi connectivity index (χ0n) is 31.3. The number of para-hydroxylation sites is 2. The number of nitrogens with one attached hydrogen (secondary N) is 1. The Kier molecular flexibility index (Phi) is 7.77. The monoisotopic (exact) mass is 742 g/mol. The van der Waals surface area contributed by atoms with Crippen LogP contribution in [0, 0.1) is 11.3 Å². The third-order valence-electron chi connectivity index (χ3n) is 11.7. The molecule has 0 fully saturated rings. The van der Waals surface area contributed by atoms with Crippen molar-refractivity contribution in [1.29, 1.82) is 5.26 Å². The first kappa shape index (κ1) is 33.5. The number of hydrogen-bond donors (Lipinski definition) is 1. The summed E-state index contributed by atoms with van der Waals surface area (Å²) in [5, 5.41) is 12.8. The third-order valence-corrected chi connectivity index (χ3v) is 11.7.